The van der Waals surface area contributed by atoms with E-state index < -0.39 is 5.97 Å². The predicted molar refractivity (Wildman–Crippen MR) is 134 cm³/mol. The van der Waals surface area contributed by atoms with Crippen LogP contribution < -0.4 is 15.0 Å². The van der Waals surface area contributed by atoms with E-state index in [1.54, 1.807) is 68.6 Å². The molecule has 1 heterocycles. The molecule has 0 atom stereocenters. The number of halogens is 2. The number of benzene rings is 3. The van der Waals surface area contributed by atoms with Gasteiger partial charge in [-0.05, 0) is 71.4 Å². The Balaban J connectivity index is 1.71. The molecule has 0 N–H and O–H groups in total. The average molecular weight is 571 g/mol. The molecule has 7 nitrogen and oxygen atoms in total. The third kappa shape index (κ3) is 4.89. The van der Waals surface area contributed by atoms with Crippen LogP contribution in [0.3, 0.4) is 0 Å². The monoisotopic (exact) mass is 569 g/mol. The van der Waals surface area contributed by atoms with Crippen molar-refractivity contribution in [2.75, 3.05) is 7.11 Å². The molecule has 0 amide bonds. The van der Waals surface area contributed by atoms with Crippen molar-refractivity contribution in [3.63, 3.8) is 0 Å². The largest absolute Gasteiger partial charge is 0.497 e. The van der Waals surface area contributed by atoms with E-state index in [4.69, 9.17) is 9.47 Å². The van der Waals surface area contributed by atoms with E-state index in [9.17, 15) is 9.59 Å². The first-order valence-corrected chi connectivity index (χ1v) is 11.3. The topological polar surface area (TPSA) is 82.8 Å². The maximum Gasteiger partial charge on any atom is 0.343 e. The molecule has 166 valence electrons. The number of hydrogen-bond donors (Lipinski definition) is 0. The van der Waals surface area contributed by atoms with Crippen molar-refractivity contribution in [3.8, 4) is 11.5 Å². The highest BCUT2D eigenvalue weighted by molar-refractivity contribution is 9.11. The predicted octanol–water partition coefficient (Wildman–Crippen LogP) is 5.34. The molecule has 0 aliphatic carbocycles. The lowest BCUT2D eigenvalue weighted by Crippen LogP contribution is -2.20. The number of hydrogen-bond acceptors (Lipinski definition) is 6. The number of carbonyl (C=O) groups is 1. The first-order chi connectivity index (χ1) is 15.9. The third-order valence-corrected chi connectivity index (χ3v) is 5.83. The summed E-state index contributed by atoms with van der Waals surface area (Å²) in [6.45, 7) is 1.70. The molecule has 4 aromatic rings. The van der Waals surface area contributed by atoms with E-state index >= 15 is 0 Å². The summed E-state index contributed by atoms with van der Waals surface area (Å²) >= 11 is 6.87. The lowest BCUT2D eigenvalue weighted by Gasteiger charge is -2.11. The Morgan fingerprint density at radius 1 is 1.09 bits per heavy atom. The Morgan fingerprint density at radius 2 is 1.82 bits per heavy atom. The van der Waals surface area contributed by atoms with Crippen LogP contribution in [0, 0.1) is 6.92 Å². The van der Waals surface area contributed by atoms with E-state index in [2.05, 4.69) is 41.9 Å². The van der Waals surface area contributed by atoms with Gasteiger partial charge in [0.05, 0.1) is 34.3 Å². The van der Waals surface area contributed by atoms with Crippen LogP contribution in [0.25, 0.3) is 10.9 Å². The van der Waals surface area contributed by atoms with Gasteiger partial charge in [-0.2, -0.15) is 9.78 Å². The molecular weight excluding hydrogens is 554 g/mol. The van der Waals surface area contributed by atoms with Crippen molar-refractivity contribution < 1.29 is 14.3 Å². The van der Waals surface area contributed by atoms with Gasteiger partial charge < -0.3 is 9.47 Å². The molecule has 3 aromatic carbocycles. The van der Waals surface area contributed by atoms with Crippen LogP contribution in [-0.2, 0) is 0 Å². The Kier molecular flexibility index (Phi) is 6.71. The van der Waals surface area contributed by atoms with Crippen molar-refractivity contribution in [1.82, 2.24) is 9.66 Å². The fourth-order valence-corrected chi connectivity index (χ4v) is 4.49. The van der Waals surface area contributed by atoms with Crippen molar-refractivity contribution in [2.24, 2.45) is 5.10 Å². The fourth-order valence-electron chi connectivity index (χ4n) is 3.15. The summed E-state index contributed by atoms with van der Waals surface area (Å²) in [6.07, 6.45) is 1.46. The maximum atomic E-state index is 12.9. The molecule has 0 radical (unpaired) electrons. The summed E-state index contributed by atoms with van der Waals surface area (Å²) in [6, 6.07) is 17.2. The molecule has 0 aliphatic rings. The molecule has 0 fully saturated rings. The minimum atomic E-state index is -0.545. The van der Waals surface area contributed by atoms with E-state index in [0.717, 1.165) is 4.47 Å². The van der Waals surface area contributed by atoms with Gasteiger partial charge in [0.15, 0.2) is 5.75 Å². The van der Waals surface area contributed by atoms with Gasteiger partial charge in [0, 0.05) is 10.0 Å². The van der Waals surface area contributed by atoms with Gasteiger partial charge >= 0.3 is 5.97 Å². The minimum absolute atomic E-state index is 0.266. The molecule has 0 saturated heterocycles. The van der Waals surface area contributed by atoms with Crippen LogP contribution in [0.15, 0.2) is 79.5 Å². The van der Waals surface area contributed by atoms with Crippen LogP contribution in [-0.4, -0.2) is 29.0 Å². The quantitative estimate of drug-likeness (QED) is 0.184. The zero-order chi connectivity index (χ0) is 23.5. The summed E-state index contributed by atoms with van der Waals surface area (Å²) in [5.41, 5.74) is 1.16. The zero-order valence-corrected chi connectivity index (χ0v) is 20.8. The molecule has 0 aliphatic heterocycles. The van der Waals surface area contributed by atoms with Crippen LogP contribution in [0.1, 0.15) is 21.7 Å². The molecule has 0 spiro atoms. The molecule has 9 heteroatoms. The summed E-state index contributed by atoms with van der Waals surface area (Å²) in [5.74, 6) is 0.785. The Hall–Kier alpha value is -3.30. The summed E-state index contributed by atoms with van der Waals surface area (Å²) in [4.78, 5) is 30.1. The van der Waals surface area contributed by atoms with Gasteiger partial charge in [0.1, 0.15) is 11.6 Å². The molecule has 0 bridgehead atoms. The second kappa shape index (κ2) is 9.68. The number of nitrogens with zero attached hydrogens (tertiary/aromatic N) is 3. The van der Waals surface area contributed by atoms with Crippen molar-refractivity contribution >= 4 is 54.9 Å². The van der Waals surface area contributed by atoms with Gasteiger partial charge in [0.25, 0.3) is 5.56 Å². The number of carbonyl (C=O) groups excluding carboxylic acids is 1. The van der Waals surface area contributed by atoms with Gasteiger partial charge in [-0.3, -0.25) is 4.79 Å². The maximum absolute atomic E-state index is 12.9. The van der Waals surface area contributed by atoms with Gasteiger partial charge in [0.2, 0.25) is 0 Å². The van der Waals surface area contributed by atoms with E-state index in [-0.39, 0.29) is 11.3 Å². The number of aryl methyl sites for hydroxylation is 1. The normalized spacial score (nSPS) is 11.2. The van der Waals surface area contributed by atoms with E-state index in [0.29, 0.717) is 38.1 Å². The highest BCUT2D eigenvalue weighted by Crippen LogP contribution is 2.33. The second-order valence-corrected chi connectivity index (χ2v) is 8.73. The number of fused-ring (bicyclic) bond motifs is 1. The Labute approximate surface area is 205 Å². The lowest BCUT2D eigenvalue weighted by atomic mass is 10.2. The average Bonchev–Trinajstić information content (AvgIpc) is 2.81. The second-order valence-electron chi connectivity index (χ2n) is 6.96. The lowest BCUT2D eigenvalue weighted by molar-refractivity contribution is 0.0733. The number of methoxy groups -OCH3 is 1. The highest BCUT2D eigenvalue weighted by Gasteiger charge is 2.16. The van der Waals surface area contributed by atoms with E-state index in [1.165, 1.54) is 10.9 Å². The van der Waals surface area contributed by atoms with Crippen molar-refractivity contribution in [2.45, 2.75) is 6.92 Å². The Bertz CT molecular complexity index is 1450. The van der Waals surface area contributed by atoms with Crippen LogP contribution in [0.5, 0.6) is 11.5 Å². The van der Waals surface area contributed by atoms with Gasteiger partial charge in [-0.25, -0.2) is 9.78 Å². The van der Waals surface area contributed by atoms with E-state index in [1.807, 2.05) is 6.07 Å². The fraction of sp³-hybridized carbons (Fsp3) is 0.0833. The molecule has 0 unspecified atom stereocenters. The number of ether oxygens (including phenoxy) is 2. The highest BCUT2D eigenvalue weighted by atomic mass is 79.9. The summed E-state index contributed by atoms with van der Waals surface area (Å²) in [5, 5.41) is 4.80. The SMILES string of the molecule is COc1ccc(C(=O)Oc2c(Br)cc(Br)cc2C=Nn2c(C)nc3ccccc3c2=O)cc1. The smallest absolute Gasteiger partial charge is 0.343 e. The summed E-state index contributed by atoms with van der Waals surface area (Å²) in [7, 11) is 1.55. The molecule has 33 heavy (non-hydrogen) atoms. The molecule has 4 rings (SSSR count). The number of rotatable bonds is 5. The summed E-state index contributed by atoms with van der Waals surface area (Å²) < 4.78 is 13.3. The third-order valence-electron chi connectivity index (χ3n) is 4.79. The van der Waals surface area contributed by atoms with Gasteiger partial charge in [-0.1, -0.05) is 28.1 Å². The first kappa shape index (κ1) is 22.9. The number of esters is 1. The molecule has 1 aromatic heterocycles. The number of aromatic nitrogens is 2. The van der Waals surface area contributed by atoms with Crippen LogP contribution >= 0.6 is 31.9 Å². The minimum Gasteiger partial charge on any atom is -0.497 e. The molecule has 0 saturated carbocycles. The number of para-hydroxylation sites is 1. The van der Waals surface area contributed by atoms with Crippen molar-refractivity contribution in [3.05, 3.63) is 96.9 Å². The standard InChI is InChI=1S/C24H17Br2N3O4/c1-14-28-21-6-4-3-5-19(21)23(30)29(14)27-13-16-11-17(25)12-20(26)22(16)33-24(31)15-7-9-18(32-2)10-8-15/h3-13H,1-2H3. The van der Waals surface area contributed by atoms with Gasteiger partial charge in [-0.15, -0.1) is 0 Å². The van der Waals surface area contributed by atoms with Crippen molar-refractivity contribution in [1.29, 1.82) is 0 Å². The molecular formula is C24H17Br2N3O4. The van der Waals surface area contributed by atoms with Crippen LogP contribution in [0.4, 0.5) is 0 Å². The Morgan fingerprint density at radius 3 is 2.55 bits per heavy atom. The van der Waals surface area contributed by atoms with Crippen LogP contribution in [0.2, 0.25) is 0 Å². The first-order valence-electron chi connectivity index (χ1n) is 9.75. The zero-order valence-electron chi connectivity index (χ0n) is 17.6.